The van der Waals surface area contributed by atoms with Gasteiger partial charge in [0.05, 0.1) is 6.54 Å². The van der Waals surface area contributed by atoms with Crippen molar-refractivity contribution >= 4 is 11.0 Å². The van der Waals surface area contributed by atoms with Crippen LogP contribution in [0.4, 0.5) is 4.39 Å². The van der Waals surface area contributed by atoms with E-state index in [4.69, 9.17) is 4.42 Å². The smallest absolute Gasteiger partial charge is 0.134 e. The summed E-state index contributed by atoms with van der Waals surface area (Å²) in [5.41, 5.74) is 1.71. The summed E-state index contributed by atoms with van der Waals surface area (Å²) in [5, 5.41) is 4.74. The van der Waals surface area contributed by atoms with Gasteiger partial charge in [-0.15, -0.1) is 0 Å². The monoisotopic (exact) mass is 338 g/mol. The SMILES string of the molecule is Fc1ccccc1CN1CCCC(NCc2cc3ccccc3o2)C1. The van der Waals surface area contributed by atoms with Gasteiger partial charge in [0, 0.05) is 30.1 Å². The third-order valence-electron chi connectivity index (χ3n) is 4.90. The number of piperidine rings is 1. The molecule has 3 nitrogen and oxygen atoms in total. The van der Waals surface area contributed by atoms with Gasteiger partial charge in [0.1, 0.15) is 17.2 Å². The molecule has 1 unspecified atom stereocenters. The van der Waals surface area contributed by atoms with Crippen LogP contribution in [0.15, 0.2) is 59.0 Å². The molecule has 4 rings (SSSR count). The van der Waals surface area contributed by atoms with Crippen molar-refractivity contribution in [3.05, 3.63) is 71.7 Å². The molecule has 130 valence electrons. The molecule has 0 spiro atoms. The van der Waals surface area contributed by atoms with Gasteiger partial charge in [0.2, 0.25) is 0 Å². The maximum Gasteiger partial charge on any atom is 0.134 e. The van der Waals surface area contributed by atoms with E-state index in [2.05, 4.69) is 22.3 Å². The zero-order valence-electron chi connectivity index (χ0n) is 14.2. The number of rotatable bonds is 5. The lowest BCUT2D eigenvalue weighted by Gasteiger charge is -2.33. The third-order valence-corrected chi connectivity index (χ3v) is 4.90. The summed E-state index contributed by atoms with van der Waals surface area (Å²) >= 11 is 0. The standard InChI is InChI=1S/C21H23FN2O/c22-20-9-3-1-7-17(20)14-24-11-5-8-18(15-24)23-13-19-12-16-6-2-4-10-21(16)25-19/h1-4,6-7,9-10,12,18,23H,5,8,11,13-15H2. The van der Waals surface area contributed by atoms with E-state index in [9.17, 15) is 4.39 Å². The van der Waals surface area contributed by atoms with Gasteiger partial charge in [-0.05, 0) is 37.6 Å². The highest BCUT2D eigenvalue weighted by Crippen LogP contribution is 2.20. The number of benzene rings is 2. The van der Waals surface area contributed by atoms with Crippen LogP contribution in [0.1, 0.15) is 24.2 Å². The minimum absolute atomic E-state index is 0.111. The minimum atomic E-state index is -0.111. The molecule has 1 saturated heterocycles. The summed E-state index contributed by atoms with van der Waals surface area (Å²) < 4.78 is 19.7. The second-order valence-electron chi connectivity index (χ2n) is 6.80. The highest BCUT2D eigenvalue weighted by atomic mass is 19.1. The molecule has 1 aromatic heterocycles. The van der Waals surface area contributed by atoms with E-state index in [-0.39, 0.29) is 5.82 Å². The van der Waals surface area contributed by atoms with Crippen molar-refractivity contribution in [2.24, 2.45) is 0 Å². The quantitative estimate of drug-likeness (QED) is 0.751. The van der Waals surface area contributed by atoms with Crippen LogP contribution in [0.3, 0.4) is 0 Å². The van der Waals surface area contributed by atoms with E-state index < -0.39 is 0 Å². The Labute approximate surface area is 147 Å². The number of para-hydroxylation sites is 1. The average molecular weight is 338 g/mol. The lowest BCUT2D eigenvalue weighted by molar-refractivity contribution is 0.179. The summed E-state index contributed by atoms with van der Waals surface area (Å²) in [6.45, 7) is 3.37. The van der Waals surface area contributed by atoms with Crippen LogP contribution in [0.2, 0.25) is 0 Å². The Morgan fingerprint density at radius 2 is 1.96 bits per heavy atom. The van der Waals surface area contributed by atoms with Crippen molar-refractivity contribution in [3.63, 3.8) is 0 Å². The molecule has 1 N–H and O–H groups in total. The summed E-state index contributed by atoms with van der Waals surface area (Å²) in [5.74, 6) is 0.854. The molecular formula is C21H23FN2O. The first kappa shape index (κ1) is 16.3. The summed E-state index contributed by atoms with van der Waals surface area (Å²) in [4.78, 5) is 2.33. The van der Waals surface area contributed by atoms with Crippen molar-refractivity contribution in [1.82, 2.24) is 10.2 Å². The van der Waals surface area contributed by atoms with Crippen LogP contribution in [-0.4, -0.2) is 24.0 Å². The molecule has 1 atom stereocenters. The molecule has 3 aromatic rings. The van der Waals surface area contributed by atoms with Crippen LogP contribution in [0, 0.1) is 5.82 Å². The largest absolute Gasteiger partial charge is 0.460 e. The topological polar surface area (TPSA) is 28.4 Å². The number of hydrogen-bond donors (Lipinski definition) is 1. The summed E-state index contributed by atoms with van der Waals surface area (Å²) in [6, 6.07) is 17.6. The van der Waals surface area contributed by atoms with E-state index in [0.29, 0.717) is 12.6 Å². The fourth-order valence-corrected chi connectivity index (χ4v) is 3.60. The lowest BCUT2D eigenvalue weighted by atomic mass is 10.0. The third kappa shape index (κ3) is 3.91. The first-order chi connectivity index (χ1) is 12.3. The Balaban J connectivity index is 1.34. The second kappa shape index (κ2) is 7.38. The second-order valence-corrected chi connectivity index (χ2v) is 6.80. The number of fused-ring (bicyclic) bond motifs is 1. The molecule has 0 radical (unpaired) electrons. The van der Waals surface area contributed by atoms with Gasteiger partial charge >= 0.3 is 0 Å². The van der Waals surface area contributed by atoms with Crippen LogP contribution >= 0.6 is 0 Å². The molecule has 0 saturated carbocycles. The van der Waals surface area contributed by atoms with Gasteiger partial charge in [-0.1, -0.05) is 36.4 Å². The van der Waals surface area contributed by atoms with Crippen LogP contribution in [0.5, 0.6) is 0 Å². The van der Waals surface area contributed by atoms with Crippen molar-refractivity contribution in [1.29, 1.82) is 0 Å². The lowest BCUT2D eigenvalue weighted by Crippen LogP contribution is -2.45. The average Bonchev–Trinajstić information content (AvgIpc) is 3.05. The Morgan fingerprint density at radius 3 is 2.84 bits per heavy atom. The zero-order valence-corrected chi connectivity index (χ0v) is 14.2. The Kier molecular flexibility index (Phi) is 4.81. The van der Waals surface area contributed by atoms with Crippen molar-refractivity contribution in [2.75, 3.05) is 13.1 Å². The predicted molar refractivity (Wildman–Crippen MR) is 97.8 cm³/mol. The van der Waals surface area contributed by atoms with E-state index in [1.807, 2.05) is 30.3 Å². The number of nitrogens with zero attached hydrogens (tertiary/aromatic N) is 1. The Morgan fingerprint density at radius 1 is 1.12 bits per heavy atom. The van der Waals surface area contributed by atoms with E-state index in [1.165, 1.54) is 6.07 Å². The van der Waals surface area contributed by atoms with Crippen LogP contribution in [0.25, 0.3) is 11.0 Å². The summed E-state index contributed by atoms with van der Waals surface area (Å²) in [6.07, 6.45) is 2.28. The molecule has 2 heterocycles. The van der Waals surface area contributed by atoms with Gasteiger partial charge in [0.25, 0.3) is 0 Å². The fraction of sp³-hybridized carbons (Fsp3) is 0.333. The molecular weight excluding hydrogens is 315 g/mol. The molecule has 1 aliphatic heterocycles. The van der Waals surface area contributed by atoms with Crippen LogP contribution < -0.4 is 5.32 Å². The first-order valence-electron chi connectivity index (χ1n) is 8.94. The van der Waals surface area contributed by atoms with Gasteiger partial charge in [-0.3, -0.25) is 4.90 Å². The van der Waals surface area contributed by atoms with Gasteiger partial charge in [-0.25, -0.2) is 4.39 Å². The summed E-state index contributed by atoms with van der Waals surface area (Å²) in [7, 11) is 0. The zero-order chi connectivity index (χ0) is 17.1. The number of hydrogen-bond acceptors (Lipinski definition) is 3. The number of halogens is 1. The van der Waals surface area contributed by atoms with Crippen LogP contribution in [-0.2, 0) is 13.1 Å². The molecule has 0 aliphatic carbocycles. The molecule has 1 fully saturated rings. The maximum atomic E-state index is 13.9. The molecule has 0 bridgehead atoms. The van der Waals surface area contributed by atoms with Crippen molar-refractivity contribution < 1.29 is 8.81 Å². The van der Waals surface area contributed by atoms with E-state index in [1.54, 1.807) is 6.07 Å². The molecule has 0 amide bonds. The maximum absolute atomic E-state index is 13.9. The van der Waals surface area contributed by atoms with Gasteiger partial charge in [-0.2, -0.15) is 0 Å². The Hall–Kier alpha value is -2.17. The van der Waals surface area contributed by atoms with E-state index in [0.717, 1.165) is 54.8 Å². The van der Waals surface area contributed by atoms with Gasteiger partial charge in [0.15, 0.2) is 0 Å². The highest BCUT2D eigenvalue weighted by Gasteiger charge is 2.20. The van der Waals surface area contributed by atoms with E-state index >= 15 is 0 Å². The number of furan rings is 1. The first-order valence-corrected chi connectivity index (χ1v) is 8.94. The normalized spacial score (nSPS) is 18.7. The number of likely N-dealkylation sites (tertiary alicyclic amines) is 1. The minimum Gasteiger partial charge on any atom is -0.460 e. The molecule has 2 aromatic carbocycles. The molecule has 4 heteroatoms. The van der Waals surface area contributed by atoms with Gasteiger partial charge < -0.3 is 9.73 Å². The predicted octanol–water partition coefficient (Wildman–Crippen LogP) is 4.33. The van der Waals surface area contributed by atoms with Crippen molar-refractivity contribution in [3.8, 4) is 0 Å². The highest BCUT2D eigenvalue weighted by molar-refractivity contribution is 5.77. The molecule has 1 aliphatic rings. The fourth-order valence-electron chi connectivity index (χ4n) is 3.60. The van der Waals surface area contributed by atoms with Crippen molar-refractivity contribution in [2.45, 2.75) is 32.0 Å². The Bertz CT molecular complexity index is 812. The molecule has 25 heavy (non-hydrogen) atoms. The number of nitrogens with one attached hydrogen (secondary N) is 1.